The average Bonchev–Trinajstić information content (AvgIpc) is 3.41. The van der Waals surface area contributed by atoms with Crippen molar-refractivity contribution in [1.29, 1.82) is 5.26 Å². The van der Waals surface area contributed by atoms with Gasteiger partial charge in [-0.3, -0.25) is 0 Å². The van der Waals surface area contributed by atoms with Gasteiger partial charge in [-0.25, -0.2) is 9.24 Å². The number of aromatic nitrogens is 1. The first-order valence-corrected chi connectivity index (χ1v) is 14.4. The molecule has 0 N–H and O–H groups in total. The molecule has 0 fully saturated rings. The van der Waals surface area contributed by atoms with E-state index in [2.05, 4.69) is 111 Å². The SMILES string of the molecule is [C-]#[N+]c1cc(F)cc(C#N)c1-c1cc2c3c(c1)-n1c4ccccc4c4cccc(c41)B3c1ccccc1N2c1ccccc1. The molecule has 0 saturated heterocycles. The van der Waals surface area contributed by atoms with Gasteiger partial charge in [0.15, 0.2) is 5.69 Å². The Morgan fingerprint density at radius 3 is 2.30 bits per heavy atom. The molecule has 202 valence electrons. The summed E-state index contributed by atoms with van der Waals surface area (Å²) < 4.78 is 16.9. The normalized spacial score (nSPS) is 12.5. The zero-order valence-corrected chi connectivity index (χ0v) is 23.3. The van der Waals surface area contributed by atoms with Crippen molar-refractivity contribution in [2.75, 3.05) is 4.90 Å². The highest BCUT2D eigenvalue weighted by Crippen LogP contribution is 2.45. The monoisotopic (exact) mass is 562 g/mol. The van der Waals surface area contributed by atoms with E-state index in [9.17, 15) is 9.65 Å². The third-order valence-corrected chi connectivity index (χ3v) is 9.06. The number of nitriles is 1. The minimum atomic E-state index is -0.595. The Morgan fingerprint density at radius 1 is 0.727 bits per heavy atom. The Hall–Kier alpha value is -6.11. The van der Waals surface area contributed by atoms with E-state index in [-0.39, 0.29) is 18.0 Å². The second-order valence-corrected chi connectivity index (χ2v) is 11.3. The van der Waals surface area contributed by atoms with Gasteiger partial charge < -0.3 is 9.47 Å². The number of fused-ring (bicyclic) bond motifs is 7. The highest BCUT2D eigenvalue weighted by Gasteiger charge is 2.42. The molecule has 4 nitrogen and oxygen atoms in total. The fraction of sp³-hybridized carbons (Fsp3) is 0. The first-order valence-electron chi connectivity index (χ1n) is 14.4. The first-order chi connectivity index (χ1) is 21.7. The summed E-state index contributed by atoms with van der Waals surface area (Å²) in [5.74, 6) is -0.595. The lowest BCUT2D eigenvalue weighted by Gasteiger charge is -2.40. The topological polar surface area (TPSA) is 36.3 Å². The van der Waals surface area contributed by atoms with Crippen LogP contribution < -0.4 is 21.3 Å². The van der Waals surface area contributed by atoms with E-state index in [4.69, 9.17) is 6.57 Å². The van der Waals surface area contributed by atoms with Crippen molar-refractivity contribution in [2.45, 2.75) is 0 Å². The summed E-state index contributed by atoms with van der Waals surface area (Å²) in [5.41, 5.74) is 11.3. The average molecular weight is 562 g/mol. The van der Waals surface area contributed by atoms with Gasteiger partial charge in [0.2, 0.25) is 0 Å². The largest absolute Gasteiger partial charge is 0.311 e. The number of nitrogens with zero attached hydrogens (tertiary/aromatic N) is 4. The van der Waals surface area contributed by atoms with E-state index >= 15 is 0 Å². The number of hydrogen-bond donors (Lipinski definition) is 0. The second-order valence-electron chi connectivity index (χ2n) is 11.3. The predicted molar refractivity (Wildman–Crippen MR) is 176 cm³/mol. The van der Waals surface area contributed by atoms with E-state index in [1.54, 1.807) is 0 Å². The van der Waals surface area contributed by atoms with Crippen LogP contribution in [-0.4, -0.2) is 11.3 Å². The van der Waals surface area contributed by atoms with Crippen LogP contribution in [0.15, 0.2) is 121 Å². The molecule has 0 bridgehead atoms. The Balaban J connectivity index is 1.50. The standard InChI is InChI=1S/C38H20BFN4/c1-42-31-21-25(40)18-24(22-41)36(31)23-19-34-37-35(20-23)44-32-16-7-5-12-27(32)28-13-9-15-30(38(28)44)39(37)29-14-6-8-17-33(29)43(34)26-10-3-2-4-11-26/h2-21H. The van der Waals surface area contributed by atoms with Gasteiger partial charge in [0.05, 0.1) is 23.7 Å². The summed E-state index contributed by atoms with van der Waals surface area (Å²) >= 11 is 0. The maximum Gasteiger partial charge on any atom is 0.252 e. The van der Waals surface area contributed by atoms with Crippen LogP contribution in [0.2, 0.25) is 0 Å². The summed E-state index contributed by atoms with van der Waals surface area (Å²) in [6, 6.07) is 42.6. The molecule has 0 unspecified atom stereocenters. The molecule has 3 heterocycles. The number of rotatable bonds is 2. The van der Waals surface area contributed by atoms with Crippen LogP contribution in [0.4, 0.5) is 27.1 Å². The zero-order valence-electron chi connectivity index (χ0n) is 23.3. The smallest absolute Gasteiger partial charge is 0.252 e. The van der Waals surface area contributed by atoms with Crippen molar-refractivity contribution in [1.82, 2.24) is 4.57 Å². The minimum Gasteiger partial charge on any atom is -0.311 e. The molecule has 2 aliphatic heterocycles. The quantitative estimate of drug-likeness (QED) is 0.161. The molecule has 0 amide bonds. The third kappa shape index (κ3) is 3.14. The lowest BCUT2D eigenvalue weighted by molar-refractivity contribution is 0.628. The fourth-order valence-corrected chi connectivity index (χ4v) is 7.43. The Labute approximate surface area is 253 Å². The second kappa shape index (κ2) is 8.95. The molecule has 6 aromatic carbocycles. The summed E-state index contributed by atoms with van der Waals surface area (Å²) in [4.78, 5) is 5.95. The van der Waals surface area contributed by atoms with Gasteiger partial charge in [-0.2, -0.15) is 5.26 Å². The summed E-state index contributed by atoms with van der Waals surface area (Å²) in [6.07, 6.45) is 0. The van der Waals surface area contributed by atoms with Gasteiger partial charge >= 0.3 is 0 Å². The molecule has 44 heavy (non-hydrogen) atoms. The molecule has 2 aliphatic rings. The Morgan fingerprint density at radius 2 is 1.45 bits per heavy atom. The molecule has 6 heteroatoms. The van der Waals surface area contributed by atoms with Crippen molar-refractivity contribution in [2.24, 2.45) is 0 Å². The lowest BCUT2D eigenvalue weighted by Crippen LogP contribution is -2.60. The van der Waals surface area contributed by atoms with Crippen LogP contribution in [0, 0.1) is 23.7 Å². The van der Waals surface area contributed by atoms with Crippen molar-refractivity contribution < 1.29 is 4.39 Å². The first kappa shape index (κ1) is 24.5. The fourth-order valence-electron chi connectivity index (χ4n) is 7.43. The number of benzene rings is 6. The van der Waals surface area contributed by atoms with Crippen LogP contribution in [0.5, 0.6) is 0 Å². The van der Waals surface area contributed by atoms with Gasteiger partial charge in [-0.05, 0) is 70.5 Å². The Bertz CT molecular complexity index is 2410. The van der Waals surface area contributed by atoms with Gasteiger partial charge in [0.1, 0.15) is 5.82 Å². The molecule has 0 aliphatic carbocycles. The van der Waals surface area contributed by atoms with Crippen molar-refractivity contribution >= 4 is 67.7 Å². The van der Waals surface area contributed by atoms with E-state index < -0.39 is 5.82 Å². The zero-order chi connectivity index (χ0) is 29.5. The molecule has 9 rings (SSSR count). The van der Waals surface area contributed by atoms with E-state index in [1.807, 2.05) is 18.2 Å². The summed E-state index contributed by atoms with van der Waals surface area (Å²) in [6.45, 7) is 7.88. The third-order valence-electron chi connectivity index (χ3n) is 9.06. The molecule has 0 atom stereocenters. The van der Waals surface area contributed by atoms with Crippen LogP contribution >= 0.6 is 0 Å². The summed E-state index contributed by atoms with van der Waals surface area (Å²) in [7, 11) is 0. The molecule has 7 aromatic rings. The number of para-hydroxylation sites is 4. The van der Waals surface area contributed by atoms with Crippen LogP contribution in [0.1, 0.15) is 5.56 Å². The van der Waals surface area contributed by atoms with Gasteiger partial charge in [0.25, 0.3) is 6.71 Å². The maximum atomic E-state index is 14.6. The molecule has 0 spiro atoms. The molecule has 0 radical (unpaired) electrons. The maximum absolute atomic E-state index is 14.6. The molecule has 0 saturated carbocycles. The van der Waals surface area contributed by atoms with Crippen LogP contribution in [-0.2, 0) is 0 Å². The number of halogens is 1. The molecular formula is C38H20BFN4. The minimum absolute atomic E-state index is 0.0327. The summed E-state index contributed by atoms with van der Waals surface area (Å²) in [5, 5.41) is 12.5. The number of hydrogen-bond acceptors (Lipinski definition) is 2. The number of anilines is 3. The Kier molecular flexibility index (Phi) is 4.98. The van der Waals surface area contributed by atoms with E-state index in [0.717, 1.165) is 44.6 Å². The van der Waals surface area contributed by atoms with Crippen LogP contribution in [0.3, 0.4) is 0 Å². The highest BCUT2D eigenvalue weighted by atomic mass is 19.1. The van der Waals surface area contributed by atoms with E-state index in [0.29, 0.717) is 11.1 Å². The van der Waals surface area contributed by atoms with Gasteiger partial charge in [-0.15, -0.1) is 0 Å². The molecular weight excluding hydrogens is 542 g/mol. The highest BCUT2D eigenvalue weighted by molar-refractivity contribution is 7.00. The predicted octanol–water partition coefficient (Wildman–Crippen LogP) is 7.63. The van der Waals surface area contributed by atoms with Crippen molar-refractivity contribution in [3.8, 4) is 22.9 Å². The van der Waals surface area contributed by atoms with Gasteiger partial charge in [0, 0.05) is 44.6 Å². The molecule has 1 aromatic heterocycles. The van der Waals surface area contributed by atoms with Crippen LogP contribution in [0.25, 0.3) is 43.5 Å². The van der Waals surface area contributed by atoms with Crippen molar-refractivity contribution in [3.05, 3.63) is 144 Å². The van der Waals surface area contributed by atoms with E-state index in [1.165, 1.54) is 28.4 Å². The lowest BCUT2D eigenvalue weighted by atomic mass is 9.33. The van der Waals surface area contributed by atoms with Crippen molar-refractivity contribution in [3.63, 3.8) is 0 Å². The van der Waals surface area contributed by atoms with Gasteiger partial charge in [-0.1, -0.05) is 72.8 Å².